The number of aromatic nitrogens is 3. The molecule has 0 aromatic carbocycles. The van der Waals surface area contributed by atoms with Crippen LogP contribution in [-0.4, -0.2) is 33.0 Å². The monoisotopic (exact) mass is 322 g/mol. The summed E-state index contributed by atoms with van der Waals surface area (Å²) < 4.78 is 2.94. The number of aliphatic hydroxyl groups excluding tert-OH is 1. The molecule has 19 heavy (non-hydrogen) atoms. The van der Waals surface area contributed by atoms with Gasteiger partial charge in [0.2, 0.25) is 0 Å². The number of nitrogens with one attached hydrogen (secondary N) is 1. The first kappa shape index (κ1) is 12.6. The van der Waals surface area contributed by atoms with Gasteiger partial charge in [-0.15, -0.1) is 0 Å². The van der Waals surface area contributed by atoms with Crippen molar-refractivity contribution in [3.8, 4) is 11.3 Å². The summed E-state index contributed by atoms with van der Waals surface area (Å²) in [7, 11) is 0. The average molecular weight is 323 g/mol. The summed E-state index contributed by atoms with van der Waals surface area (Å²) in [5, 5.41) is 17.0. The van der Waals surface area contributed by atoms with Crippen molar-refractivity contribution < 1.29 is 5.11 Å². The van der Waals surface area contributed by atoms with Gasteiger partial charge >= 0.3 is 0 Å². The van der Waals surface area contributed by atoms with Crippen LogP contribution >= 0.6 is 15.9 Å². The second-order valence-corrected chi connectivity index (χ2v) is 5.49. The first-order valence-electron chi connectivity index (χ1n) is 6.31. The Morgan fingerprint density at radius 2 is 2.42 bits per heavy atom. The van der Waals surface area contributed by atoms with Gasteiger partial charge in [0.1, 0.15) is 11.5 Å². The Morgan fingerprint density at radius 3 is 3.16 bits per heavy atom. The molecule has 0 fully saturated rings. The van der Waals surface area contributed by atoms with E-state index in [0.29, 0.717) is 5.92 Å². The molecule has 2 aromatic rings. The highest BCUT2D eigenvalue weighted by Crippen LogP contribution is 2.35. The van der Waals surface area contributed by atoms with E-state index in [4.69, 9.17) is 5.11 Å². The predicted octanol–water partition coefficient (Wildman–Crippen LogP) is 2.13. The van der Waals surface area contributed by atoms with Gasteiger partial charge in [0.25, 0.3) is 0 Å². The van der Waals surface area contributed by atoms with Crippen molar-refractivity contribution in [2.75, 3.05) is 18.5 Å². The minimum atomic E-state index is 0.222. The van der Waals surface area contributed by atoms with E-state index in [1.807, 2.05) is 23.0 Å². The maximum Gasteiger partial charge on any atom is 0.139 e. The zero-order valence-electron chi connectivity index (χ0n) is 10.4. The van der Waals surface area contributed by atoms with Crippen LogP contribution in [0.3, 0.4) is 0 Å². The van der Waals surface area contributed by atoms with Gasteiger partial charge in [-0.3, -0.25) is 4.98 Å². The molecular formula is C13H15BrN4O. The van der Waals surface area contributed by atoms with Crippen LogP contribution in [0, 0.1) is 5.92 Å². The smallest absolute Gasteiger partial charge is 0.139 e. The van der Waals surface area contributed by atoms with Crippen LogP contribution in [0.5, 0.6) is 0 Å². The van der Waals surface area contributed by atoms with Crippen LogP contribution in [0.4, 0.5) is 5.82 Å². The number of pyridine rings is 1. The molecule has 0 saturated carbocycles. The van der Waals surface area contributed by atoms with Gasteiger partial charge in [-0.25, -0.2) is 4.68 Å². The summed E-state index contributed by atoms with van der Waals surface area (Å²) in [6, 6.07) is 3.90. The quantitative estimate of drug-likeness (QED) is 0.908. The van der Waals surface area contributed by atoms with Gasteiger partial charge in [0.05, 0.1) is 4.47 Å². The van der Waals surface area contributed by atoms with Gasteiger partial charge in [0.15, 0.2) is 0 Å². The zero-order valence-corrected chi connectivity index (χ0v) is 12.0. The maximum atomic E-state index is 9.03. The Morgan fingerprint density at radius 1 is 1.53 bits per heavy atom. The lowest BCUT2D eigenvalue weighted by Gasteiger charge is -2.24. The summed E-state index contributed by atoms with van der Waals surface area (Å²) in [5.74, 6) is 1.43. The molecule has 6 heteroatoms. The SMILES string of the molecule is OCCC1CNc2c(Br)c(-c3cccnc3)nn2C1. The van der Waals surface area contributed by atoms with E-state index >= 15 is 0 Å². The van der Waals surface area contributed by atoms with Gasteiger partial charge in [-0.05, 0) is 40.4 Å². The molecule has 3 heterocycles. The molecule has 5 nitrogen and oxygen atoms in total. The van der Waals surface area contributed by atoms with E-state index in [2.05, 4.69) is 31.3 Å². The first-order valence-corrected chi connectivity index (χ1v) is 7.10. The van der Waals surface area contributed by atoms with E-state index in [0.717, 1.165) is 41.1 Å². The highest BCUT2D eigenvalue weighted by atomic mass is 79.9. The fourth-order valence-electron chi connectivity index (χ4n) is 2.35. The number of hydrogen-bond acceptors (Lipinski definition) is 4. The molecule has 2 aromatic heterocycles. The molecule has 3 rings (SSSR count). The van der Waals surface area contributed by atoms with Crippen LogP contribution in [0.2, 0.25) is 0 Å². The minimum absolute atomic E-state index is 0.222. The standard InChI is InChI=1S/C13H15BrN4O/c14-11-12(10-2-1-4-15-7-10)17-18-8-9(3-5-19)6-16-13(11)18/h1-2,4,7,9,16,19H,3,5-6,8H2. The van der Waals surface area contributed by atoms with Crippen LogP contribution < -0.4 is 5.32 Å². The van der Waals surface area contributed by atoms with Gasteiger partial charge in [0, 0.05) is 37.7 Å². The lowest BCUT2D eigenvalue weighted by atomic mass is 10.1. The molecule has 0 aliphatic carbocycles. The maximum absolute atomic E-state index is 9.03. The number of fused-ring (bicyclic) bond motifs is 1. The third-order valence-corrected chi connectivity index (χ3v) is 4.11. The van der Waals surface area contributed by atoms with Crippen molar-refractivity contribution in [3.05, 3.63) is 29.0 Å². The van der Waals surface area contributed by atoms with Crippen LogP contribution in [0.1, 0.15) is 6.42 Å². The summed E-state index contributed by atoms with van der Waals surface area (Å²) in [6.07, 6.45) is 4.36. The topological polar surface area (TPSA) is 63.0 Å². The second-order valence-electron chi connectivity index (χ2n) is 4.69. The molecule has 1 atom stereocenters. The van der Waals surface area contributed by atoms with Gasteiger partial charge in [-0.1, -0.05) is 0 Å². The largest absolute Gasteiger partial charge is 0.396 e. The molecule has 0 bridgehead atoms. The molecule has 0 amide bonds. The number of rotatable bonds is 3. The highest BCUT2D eigenvalue weighted by molar-refractivity contribution is 9.10. The number of nitrogens with zero attached hydrogens (tertiary/aromatic N) is 3. The lowest BCUT2D eigenvalue weighted by Crippen LogP contribution is -2.28. The molecule has 2 N–H and O–H groups in total. The fraction of sp³-hybridized carbons (Fsp3) is 0.385. The van der Waals surface area contributed by atoms with Crippen LogP contribution in [0.25, 0.3) is 11.3 Å². The van der Waals surface area contributed by atoms with Crippen LogP contribution in [-0.2, 0) is 6.54 Å². The second kappa shape index (κ2) is 5.30. The number of hydrogen-bond donors (Lipinski definition) is 2. The molecule has 100 valence electrons. The molecule has 1 aliphatic heterocycles. The summed E-state index contributed by atoms with van der Waals surface area (Å²) in [4.78, 5) is 4.13. The zero-order chi connectivity index (χ0) is 13.2. The summed E-state index contributed by atoms with van der Waals surface area (Å²) in [5.41, 5.74) is 1.90. The highest BCUT2D eigenvalue weighted by Gasteiger charge is 2.24. The van der Waals surface area contributed by atoms with E-state index in [-0.39, 0.29) is 6.61 Å². The van der Waals surface area contributed by atoms with Gasteiger partial charge < -0.3 is 10.4 Å². The lowest BCUT2D eigenvalue weighted by molar-refractivity contribution is 0.244. The molecule has 0 saturated heterocycles. The summed E-state index contributed by atoms with van der Waals surface area (Å²) >= 11 is 3.61. The third-order valence-electron chi connectivity index (χ3n) is 3.36. The van der Waals surface area contributed by atoms with Gasteiger partial charge in [-0.2, -0.15) is 5.10 Å². The van der Waals surface area contributed by atoms with E-state index in [9.17, 15) is 0 Å². The van der Waals surface area contributed by atoms with E-state index in [1.165, 1.54) is 0 Å². The Labute approximate surface area is 119 Å². The Bertz CT molecular complexity index is 570. The van der Waals surface area contributed by atoms with Crippen molar-refractivity contribution in [1.82, 2.24) is 14.8 Å². The molecule has 1 aliphatic rings. The molecule has 0 spiro atoms. The average Bonchev–Trinajstić information content (AvgIpc) is 2.77. The molecule has 0 radical (unpaired) electrons. The van der Waals surface area contributed by atoms with Crippen LogP contribution in [0.15, 0.2) is 29.0 Å². The van der Waals surface area contributed by atoms with Crippen molar-refractivity contribution in [3.63, 3.8) is 0 Å². The Kier molecular flexibility index (Phi) is 3.52. The number of anilines is 1. The Balaban J connectivity index is 1.94. The molecule has 1 unspecified atom stereocenters. The van der Waals surface area contributed by atoms with E-state index < -0.39 is 0 Å². The van der Waals surface area contributed by atoms with Crippen molar-refractivity contribution in [2.24, 2.45) is 5.92 Å². The first-order chi connectivity index (χ1) is 9.29. The summed E-state index contributed by atoms with van der Waals surface area (Å²) in [6.45, 7) is 1.93. The minimum Gasteiger partial charge on any atom is -0.396 e. The fourth-order valence-corrected chi connectivity index (χ4v) is 3.01. The normalized spacial score (nSPS) is 17.9. The third kappa shape index (κ3) is 2.37. The van der Waals surface area contributed by atoms with Crippen molar-refractivity contribution >= 4 is 21.7 Å². The Hall–Kier alpha value is -1.40. The van der Waals surface area contributed by atoms with Crippen molar-refractivity contribution in [2.45, 2.75) is 13.0 Å². The number of halogens is 1. The number of aliphatic hydroxyl groups is 1. The molecular weight excluding hydrogens is 308 g/mol. The van der Waals surface area contributed by atoms with E-state index in [1.54, 1.807) is 6.20 Å². The predicted molar refractivity (Wildman–Crippen MR) is 76.8 cm³/mol. The van der Waals surface area contributed by atoms with Crippen molar-refractivity contribution in [1.29, 1.82) is 0 Å².